The third-order valence-electron chi connectivity index (χ3n) is 10.3. The number of thiophene rings is 1. The Morgan fingerprint density at radius 3 is 1.90 bits per heavy atom. The van der Waals surface area contributed by atoms with Gasteiger partial charge >= 0.3 is 0 Å². The van der Waals surface area contributed by atoms with Crippen LogP contribution in [0.25, 0.3) is 86.3 Å². The van der Waals surface area contributed by atoms with Gasteiger partial charge in [-0.25, -0.2) is 0 Å². The molecule has 0 spiro atoms. The summed E-state index contributed by atoms with van der Waals surface area (Å²) >= 11 is 1.84. The summed E-state index contributed by atoms with van der Waals surface area (Å²) in [5, 5.41) is 7.06. The number of rotatable bonds is 5. The van der Waals surface area contributed by atoms with Crippen molar-refractivity contribution in [3.63, 3.8) is 0 Å². The Kier molecular flexibility index (Phi) is 6.42. The lowest BCUT2D eigenvalue weighted by molar-refractivity contribution is 0.669. The van der Waals surface area contributed by atoms with Gasteiger partial charge in [0.2, 0.25) is 0 Å². The van der Waals surface area contributed by atoms with Crippen molar-refractivity contribution in [2.75, 3.05) is 4.90 Å². The normalized spacial score (nSPS) is 11.8. The minimum Gasteiger partial charge on any atom is -0.456 e. The largest absolute Gasteiger partial charge is 0.456 e. The second-order valence-electron chi connectivity index (χ2n) is 13.3. The van der Waals surface area contributed by atoms with Gasteiger partial charge < -0.3 is 13.7 Å². The summed E-state index contributed by atoms with van der Waals surface area (Å²) in [6.45, 7) is 0. The molecular formula is C48H29NO2S. The van der Waals surface area contributed by atoms with Crippen LogP contribution in [0.4, 0.5) is 17.1 Å². The monoisotopic (exact) mass is 683 g/mol. The van der Waals surface area contributed by atoms with E-state index in [1.165, 1.54) is 20.2 Å². The number of nitrogens with zero attached hydrogens (tertiary/aromatic N) is 1. The lowest BCUT2D eigenvalue weighted by atomic mass is 10.0. The predicted octanol–water partition coefficient (Wildman–Crippen LogP) is 14.7. The molecule has 52 heavy (non-hydrogen) atoms. The van der Waals surface area contributed by atoms with E-state index in [2.05, 4.69) is 157 Å². The van der Waals surface area contributed by atoms with E-state index in [1.54, 1.807) is 0 Å². The summed E-state index contributed by atoms with van der Waals surface area (Å²) < 4.78 is 15.3. The molecule has 0 bridgehead atoms. The van der Waals surface area contributed by atoms with E-state index in [9.17, 15) is 0 Å². The minimum absolute atomic E-state index is 0.900. The van der Waals surface area contributed by atoms with Gasteiger partial charge in [0.15, 0.2) is 0 Å². The molecule has 0 aliphatic carbocycles. The van der Waals surface area contributed by atoms with E-state index in [1.807, 2.05) is 35.6 Å². The quantitative estimate of drug-likeness (QED) is 0.181. The molecule has 3 aromatic heterocycles. The second-order valence-corrected chi connectivity index (χ2v) is 14.4. The van der Waals surface area contributed by atoms with Crippen molar-refractivity contribution in [1.29, 1.82) is 0 Å². The number of hydrogen-bond acceptors (Lipinski definition) is 4. The molecule has 11 rings (SSSR count). The first-order valence-corrected chi connectivity index (χ1v) is 18.3. The molecule has 4 heteroatoms. The molecule has 0 aliphatic rings. The minimum atomic E-state index is 0.900. The number of fused-ring (bicyclic) bond motifs is 9. The maximum absolute atomic E-state index is 6.48. The fourth-order valence-electron chi connectivity index (χ4n) is 7.86. The molecule has 0 radical (unpaired) electrons. The fraction of sp³-hybridized carbons (Fsp3) is 0. The van der Waals surface area contributed by atoms with Crippen LogP contribution in [0.5, 0.6) is 0 Å². The Hall–Kier alpha value is -6.62. The van der Waals surface area contributed by atoms with Crippen molar-refractivity contribution in [1.82, 2.24) is 0 Å². The Bertz CT molecular complexity index is 3150. The van der Waals surface area contributed by atoms with Crippen LogP contribution in [0.15, 0.2) is 185 Å². The van der Waals surface area contributed by atoms with Crippen molar-refractivity contribution in [3.05, 3.63) is 176 Å². The number of benzene rings is 8. The zero-order valence-electron chi connectivity index (χ0n) is 27.9. The lowest BCUT2D eigenvalue weighted by Crippen LogP contribution is -2.10. The molecule has 0 N–H and O–H groups in total. The molecule has 244 valence electrons. The Morgan fingerprint density at radius 2 is 1.04 bits per heavy atom. The van der Waals surface area contributed by atoms with E-state index in [-0.39, 0.29) is 0 Å². The van der Waals surface area contributed by atoms with Gasteiger partial charge in [0.05, 0.1) is 5.69 Å². The van der Waals surface area contributed by atoms with Crippen LogP contribution in [0, 0.1) is 0 Å². The summed E-state index contributed by atoms with van der Waals surface area (Å²) in [6.07, 6.45) is 0. The first kappa shape index (κ1) is 29.1. The molecule has 8 aromatic carbocycles. The summed E-state index contributed by atoms with van der Waals surface area (Å²) in [4.78, 5) is 2.40. The molecule has 3 nitrogen and oxygen atoms in total. The topological polar surface area (TPSA) is 29.5 Å². The molecule has 0 saturated heterocycles. The molecule has 0 fully saturated rings. The zero-order valence-corrected chi connectivity index (χ0v) is 28.7. The molecule has 0 unspecified atom stereocenters. The molecule has 0 amide bonds. The number of furan rings is 2. The van der Waals surface area contributed by atoms with E-state index >= 15 is 0 Å². The zero-order chi connectivity index (χ0) is 34.2. The van der Waals surface area contributed by atoms with Crippen molar-refractivity contribution in [2.45, 2.75) is 0 Å². The maximum atomic E-state index is 6.48. The highest BCUT2D eigenvalue weighted by Crippen LogP contribution is 2.46. The van der Waals surface area contributed by atoms with Gasteiger partial charge in [-0.2, -0.15) is 0 Å². The molecule has 0 aliphatic heterocycles. The van der Waals surface area contributed by atoms with E-state index in [0.29, 0.717) is 0 Å². The van der Waals surface area contributed by atoms with Crippen LogP contribution in [-0.2, 0) is 0 Å². The van der Waals surface area contributed by atoms with Crippen LogP contribution in [0.3, 0.4) is 0 Å². The van der Waals surface area contributed by atoms with E-state index in [0.717, 1.165) is 83.2 Å². The van der Waals surface area contributed by atoms with Gasteiger partial charge in [-0.1, -0.05) is 109 Å². The van der Waals surface area contributed by atoms with Gasteiger partial charge in [0.25, 0.3) is 0 Å². The number of anilines is 3. The van der Waals surface area contributed by atoms with E-state index < -0.39 is 0 Å². The van der Waals surface area contributed by atoms with Crippen LogP contribution < -0.4 is 4.90 Å². The van der Waals surface area contributed by atoms with Crippen LogP contribution >= 0.6 is 11.3 Å². The third kappa shape index (κ3) is 4.51. The van der Waals surface area contributed by atoms with Crippen LogP contribution in [0.1, 0.15) is 0 Å². The van der Waals surface area contributed by atoms with Crippen molar-refractivity contribution in [2.24, 2.45) is 0 Å². The number of hydrogen-bond donors (Lipinski definition) is 0. The fourth-order valence-corrected chi connectivity index (χ4v) is 8.99. The molecular weight excluding hydrogens is 655 g/mol. The number of para-hydroxylation sites is 3. The van der Waals surface area contributed by atoms with Crippen molar-refractivity contribution < 1.29 is 8.83 Å². The smallest absolute Gasteiger partial charge is 0.143 e. The molecule has 0 saturated carbocycles. The van der Waals surface area contributed by atoms with Gasteiger partial charge in [-0.05, 0) is 83.4 Å². The van der Waals surface area contributed by atoms with Crippen LogP contribution in [0.2, 0.25) is 0 Å². The molecule has 0 atom stereocenters. The SMILES string of the molecule is c1cc(-c2cccc3c2oc2ccccc23)cc(N(c2ccc(-c3ccc4c(c3)oc3ccccc34)cc2)c2cccc3sc4ccccc4c23)c1. The highest BCUT2D eigenvalue weighted by atomic mass is 32.1. The first-order valence-electron chi connectivity index (χ1n) is 17.5. The van der Waals surface area contributed by atoms with Crippen LogP contribution in [-0.4, -0.2) is 0 Å². The highest BCUT2D eigenvalue weighted by molar-refractivity contribution is 7.26. The summed E-state index contributed by atoms with van der Waals surface area (Å²) in [7, 11) is 0. The van der Waals surface area contributed by atoms with E-state index in [4.69, 9.17) is 8.83 Å². The molecule has 11 aromatic rings. The average Bonchev–Trinajstić information content (AvgIpc) is 3.90. The Morgan fingerprint density at radius 1 is 0.385 bits per heavy atom. The Labute approximate surface area is 303 Å². The predicted molar refractivity (Wildman–Crippen MR) is 219 cm³/mol. The lowest BCUT2D eigenvalue weighted by Gasteiger charge is -2.27. The summed E-state index contributed by atoms with van der Waals surface area (Å²) in [5.74, 6) is 0. The van der Waals surface area contributed by atoms with Crippen molar-refractivity contribution >= 4 is 92.4 Å². The summed E-state index contributed by atoms with van der Waals surface area (Å²) in [5.41, 5.74) is 11.3. The average molecular weight is 684 g/mol. The third-order valence-corrected chi connectivity index (χ3v) is 11.4. The van der Waals surface area contributed by atoms with Gasteiger partial charge in [0.1, 0.15) is 22.3 Å². The molecule has 3 heterocycles. The van der Waals surface area contributed by atoms with Crippen molar-refractivity contribution in [3.8, 4) is 22.3 Å². The Balaban J connectivity index is 1.08. The second kappa shape index (κ2) is 11.5. The summed E-state index contributed by atoms with van der Waals surface area (Å²) in [6, 6.07) is 62.6. The van der Waals surface area contributed by atoms with Gasteiger partial charge in [-0.3, -0.25) is 0 Å². The van der Waals surface area contributed by atoms with Gasteiger partial charge in [-0.15, -0.1) is 11.3 Å². The standard InChI is InChI=1S/C48H29NO2S/c1-4-18-42-36(12-1)38-27-24-31(29-44(38)50-42)30-22-25-33(26-23-30)49(41-17-9-21-46-47(41)40-14-3-6-20-45(40)52-46)34-11-7-10-32(28-34)35-15-8-16-39-37-13-2-5-19-43(37)51-48(35)39/h1-29H. The first-order chi connectivity index (χ1) is 25.8. The maximum Gasteiger partial charge on any atom is 0.143 e. The highest BCUT2D eigenvalue weighted by Gasteiger charge is 2.20. The van der Waals surface area contributed by atoms with Gasteiger partial charge in [0, 0.05) is 58.7 Å².